The van der Waals surface area contributed by atoms with E-state index in [2.05, 4.69) is 36.0 Å². The smallest absolute Gasteiger partial charge is 0.147 e. The fraction of sp³-hybridized carbons (Fsp3) is 0.464. The van der Waals surface area contributed by atoms with Crippen LogP contribution in [0, 0.1) is 24.1 Å². The summed E-state index contributed by atoms with van der Waals surface area (Å²) in [6.45, 7) is 3.57. The van der Waals surface area contributed by atoms with Crippen molar-refractivity contribution >= 4 is 5.52 Å². The third-order valence-corrected chi connectivity index (χ3v) is 8.54. The Labute approximate surface area is 229 Å². The highest BCUT2D eigenvalue weighted by Crippen LogP contribution is 2.43. The summed E-state index contributed by atoms with van der Waals surface area (Å²) >= 11 is 0. The standard InChI is InChI=1S/C28H29FN8O3/c1-16-27(33-34-37(16)22-7-20-3-4-21(8-22)36(20)23-13-39-14-23)17-6-26(28-18(9-30)10-32-35(28)12-17)40-15-25(38)24-5-2-19(29)11-31-24/h2,5-6,10-12,20-23,25,38H,3-4,7-8,13-15H2,1H3/t20-,21+,22?,25?. The van der Waals surface area contributed by atoms with Gasteiger partial charge in [0.25, 0.3) is 0 Å². The Balaban J connectivity index is 1.17. The third kappa shape index (κ3) is 4.21. The van der Waals surface area contributed by atoms with Crippen LogP contribution in [0.4, 0.5) is 4.39 Å². The molecule has 3 aliphatic rings. The molecule has 11 nitrogen and oxygen atoms in total. The number of nitriles is 1. The van der Waals surface area contributed by atoms with Crippen molar-refractivity contribution in [3.63, 3.8) is 0 Å². The second-order valence-corrected chi connectivity index (χ2v) is 10.9. The molecule has 2 bridgehead atoms. The first-order valence-electron chi connectivity index (χ1n) is 13.6. The Kier molecular flexibility index (Phi) is 6.22. The molecule has 0 aromatic carbocycles. The zero-order valence-electron chi connectivity index (χ0n) is 22.0. The average molecular weight is 545 g/mol. The lowest BCUT2D eigenvalue weighted by Crippen LogP contribution is -2.56. The number of piperidine rings is 1. The average Bonchev–Trinajstić information content (AvgIpc) is 3.59. The van der Waals surface area contributed by atoms with Gasteiger partial charge in [0.15, 0.2) is 0 Å². The van der Waals surface area contributed by atoms with E-state index in [4.69, 9.17) is 9.47 Å². The molecule has 2 unspecified atom stereocenters. The molecule has 0 aliphatic carbocycles. The molecule has 0 saturated carbocycles. The third-order valence-electron chi connectivity index (χ3n) is 8.54. The van der Waals surface area contributed by atoms with Crippen LogP contribution in [-0.4, -0.2) is 77.5 Å². The molecule has 7 heterocycles. The molecule has 1 N–H and O–H groups in total. The van der Waals surface area contributed by atoms with Crippen molar-refractivity contribution in [1.29, 1.82) is 5.26 Å². The predicted octanol–water partition coefficient (Wildman–Crippen LogP) is 2.99. The first-order chi connectivity index (χ1) is 19.5. The molecule has 0 amide bonds. The molecule has 3 aliphatic heterocycles. The molecular formula is C28H29FN8O3. The monoisotopic (exact) mass is 544 g/mol. The van der Waals surface area contributed by atoms with Gasteiger partial charge in [0.1, 0.15) is 47.1 Å². The number of aliphatic hydroxyl groups excluding tert-OH is 1. The van der Waals surface area contributed by atoms with Crippen LogP contribution in [0.3, 0.4) is 0 Å². The number of rotatable bonds is 7. The van der Waals surface area contributed by atoms with E-state index in [1.807, 2.05) is 13.1 Å². The van der Waals surface area contributed by atoms with Crippen LogP contribution in [0.5, 0.6) is 5.75 Å². The van der Waals surface area contributed by atoms with Crippen molar-refractivity contribution in [2.24, 2.45) is 0 Å². The van der Waals surface area contributed by atoms with Gasteiger partial charge in [0.05, 0.1) is 49.1 Å². The number of fused-ring (bicyclic) bond motifs is 3. The van der Waals surface area contributed by atoms with Crippen molar-refractivity contribution in [3.05, 3.63) is 59.6 Å². The molecule has 4 aromatic rings. The highest BCUT2D eigenvalue weighted by molar-refractivity contribution is 5.74. The second kappa shape index (κ2) is 9.92. The van der Waals surface area contributed by atoms with E-state index in [-0.39, 0.29) is 18.3 Å². The van der Waals surface area contributed by atoms with Crippen LogP contribution in [0.1, 0.15) is 54.8 Å². The van der Waals surface area contributed by atoms with Crippen molar-refractivity contribution in [3.8, 4) is 23.1 Å². The maximum absolute atomic E-state index is 13.3. The van der Waals surface area contributed by atoms with Gasteiger partial charge in [-0.1, -0.05) is 5.21 Å². The zero-order valence-corrected chi connectivity index (χ0v) is 22.0. The van der Waals surface area contributed by atoms with Crippen LogP contribution in [0.2, 0.25) is 0 Å². The Hall–Kier alpha value is -3.92. The Morgan fingerprint density at radius 3 is 2.65 bits per heavy atom. The van der Waals surface area contributed by atoms with E-state index in [1.165, 1.54) is 31.2 Å². The van der Waals surface area contributed by atoms with Crippen molar-refractivity contribution < 1.29 is 19.0 Å². The SMILES string of the molecule is Cc1c(-c2cc(OCC(O)c3ccc(F)cn3)c3c(C#N)cnn3c2)nnn1C1C[C@H]2CC[C@@H](C1)N2C1COC1. The van der Waals surface area contributed by atoms with E-state index in [0.717, 1.165) is 43.5 Å². The minimum Gasteiger partial charge on any atom is -0.488 e. The molecule has 4 aromatic heterocycles. The van der Waals surface area contributed by atoms with Crippen LogP contribution in [-0.2, 0) is 4.74 Å². The van der Waals surface area contributed by atoms with Crippen molar-refractivity contribution in [2.75, 3.05) is 19.8 Å². The Morgan fingerprint density at radius 1 is 1.18 bits per heavy atom. The number of hydrogen-bond donors (Lipinski definition) is 1. The van der Waals surface area contributed by atoms with Gasteiger partial charge < -0.3 is 14.6 Å². The number of pyridine rings is 2. The topological polar surface area (TPSA) is 127 Å². The summed E-state index contributed by atoms with van der Waals surface area (Å²) in [6, 6.07) is 8.53. The largest absolute Gasteiger partial charge is 0.488 e. The maximum atomic E-state index is 13.3. The molecule has 12 heteroatoms. The van der Waals surface area contributed by atoms with E-state index in [1.54, 1.807) is 10.6 Å². The van der Waals surface area contributed by atoms with Gasteiger partial charge in [-0.05, 0) is 50.8 Å². The van der Waals surface area contributed by atoms with Crippen molar-refractivity contribution in [2.45, 2.75) is 62.9 Å². The van der Waals surface area contributed by atoms with Crippen molar-refractivity contribution in [1.82, 2.24) is 34.5 Å². The molecule has 7 rings (SSSR count). The number of halogens is 1. The summed E-state index contributed by atoms with van der Waals surface area (Å²) in [5.41, 5.74) is 3.52. The molecule has 3 saturated heterocycles. The Bertz CT molecular complexity index is 1580. The fourth-order valence-corrected chi connectivity index (χ4v) is 6.57. The van der Waals surface area contributed by atoms with Gasteiger partial charge in [-0.2, -0.15) is 10.4 Å². The normalized spacial score (nSPS) is 23.7. The maximum Gasteiger partial charge on any atom is 0.147 e. The van der Waals surface area contributed by atoms with E-state index >= 15 is 0 Å². The summed E-state index contributed by atoms with van der Waals surface area (Å²) in [5, 5.41) is 33.7. The lowest BCUT2D eigenvalue weighted by molar-refractivity contribution is -0.0960. The number of aliphatic hydroxyl groups is 1. The lowest BCUT2D eigenvalue weighted by Gasteiger charge is -2.46. The molecule has 0 radical (unpaired) electrons. The van der Waals surface area contributed by atoms with Gasteiger partial charge in [0, 0.05) is 23.8 Å². The number of aromatic nitrogens is 6. The quantitative estimate of drug-likeness (QED) is 0.374. The summed E-state index contributed by atoms with van der Waals surface area (Å²) in [4.78, 5) is 6.62. The first-order valence-corrected chi connectivity index (χ1v) is 13.6. The molecule has 40 heavy (non-hydrogen) atoms. The summed E-state index contributed by atoms with van der Waals surface area (Å²) < 4.78 is 28.4. The summed E-state index contributed by atoms with van der Waals surface area (Å²) in [7, 11) is 0. The minimum atomic E-state index is -1.09. The molecule has 3 fully saturated rings. The number of ether oxygens (including phenoxy) is 2. The van der Waals surface area contributed by atoms with Crippen LogP contribution in [0.15, 0.2) is 36.8 Å². The van der Waals surface area contributed by atoms with Crippen LogP contribution in [0.25, 0.3) is 16.8 Å². The minimum absolute atomic E-state index is 0.146. The molecule has 0 spiro atoms. The van der Waals surface area contributed by atoms with Crippen LogP contribution < -0.4 is 4.74 Å². The van der Waals surface area contributed by atoms with Gasteiger partial charge in [-0.3, -0.25) is 9.88 Å². The number of hydrogen-bond acceptors (Lipinski definition) is 9. The van der Waals surface area contributed by atoms with E-state index in [9.17, 15) is 14.8 Å². The molecule has 206 valence electrons. The first kappa shape index (κ1) is 25.1. The van der Waals surface area contributed by atoms with Gasteiger partial charge in [0.2, 0.25) is 0 Å². The zero-order chi connectivity index (χ0) is 27.4. The highest BCUT2D eigenvalue weighted by Gasteiger charge is 2.46. The second-order valence-electron chi connectivity index (χ2n) is 10.9. The van der Waals surface area contributed by atoms with E-state index < -0.39 is 11.9 Å². The van der Waals surface area contributed by atoms with Gasteiger partial charge in [-0.25, -0.2) is 13.6 Å². The highest BCUT2D eigenvalue weighted by atomic mass is 19.1. The summed E-state index contributed by atoms with van der Waals surface area (Å²) in [6.07, 6.45) is 7.77. The lowest BCUT2D eigenvalue weighted by atomic mass is 9.94. The molecular weight excluding hydrogens is 515 g/mol. The summed E-state index contributed by atoms with van der Waals surface area (Å²) in [5.74, 6) is -0.116. The van der Waals surface area contributed by atoms with Crippen LogP contribution >= 0.6 is 0 Å². The van der Waals surface area contributed by atoms with Gasteiger partial charge in [-0.15, -0.1) is 5.10 Å². The van der Waals surface area contributed by atoms with Gasteiger partial charge >= 0.3 is 0 Å². The van der Waals surface area contributed by atoms with E-state index in [0.29, 0.717) is 40.6 Å². The number of nitrogens with zero attached hydrogens (tertiary/aromatic N) is 8. The fourth-order valence-electron chi connectivity index (χ4n) is 6.57. The molecule has 4 atom stereocenters. The Morgan fingerprint density at radius 2 is 1.98 bits per heavy atom. The predicted molar refractivity (Wildman–Crippen MR) is 140 cm³/mol.